The second-order valence-electron chi connectivity index (χ2n) is 6.27. The Kier molecular flexibility index (Phi) is 3.94. The van der Waals surface area contributed by atoms with Crippen LogP contribution in [-0.2, 0) is 0 Å². The summed E-state index contributed by atoms with van der Waals surface area (Å²) in [6.45, 7) is 2.06. The van der Waals surface area contributed by atoms with E-state index < -0.39 is 0 Å². The Morgan fingerprint density at radius 1 is 1.08 bits per heavy atom. The molecule has 0 bridgehead atoms. The molecule has 1 saturated carbocycles. The first kappa shape index (κ1) is 14.8. The third kappa shape index (κ3) is 3.13. The smallest absolute Gasteiger partial charge is 0.223 e. The summed E-state index contributed by atoms with van der Waals surface area (Å²) in [7, 11) is 0. The summed E-state index contributed by atoms with van der Waals surface area (Å²) in [5, 5.41) is 6.77. The lowest BCUT2D eigenvalue weighted by Gasteiger charge is -2.13. The van der Waals surface area contributed by atoms with Gasteiger partial charge in [0.25, 0.3) is 0 Å². The van der Waals surface area contributed by atoms with Crippen LogP contribution in [0.3, 0.4) is 0 Å². The van der Waals surface area contributed by atoms with Gasteiger partial charge in [0.2, 0.25) is 5.95 Å². The molecule has 0 aliphatic heterocycles. The lowest BCUT2D eigenvalue weighted by Crippen LogP contribution is -2.16. The first-order valence-corrected chi connectivity index (χ1v) is 8.36. The summed E-state index contributed by atoms with van der Waals surface area (Å²) in [6.07, 6.45) is 8.20. The number of hydrogen-bond acceptors (Lipinski definition) is 6. The lowest BCUT2D eigenvalue weighted by atomic mass is 10.2. The molecule has 122 valence electrons. The van der Waals surface area contributed by atoms with Gasteiger partial charge < -0.3 is 10.6 Å². The maximum absolute atomic E-state index is 4.65. The van der Waals surface area contributed by atoms with Gasteiger partial charge in [0.1, 0.15) is 17.4 Å². The zero-order chi connectivity index (χ0) is 16.4. The third-order valence-electron chi connectivity index (χ3n) is 4.35. The Hall–Kier alpha value is -2.76. The van der Waals surface area contributed by atoms with Gasteiger partial charge in [-0.05, 0) is 37.5 Å². The van der Waals surface area contributed by atoms with E-state index in [1.165, 1.54) is 37.6 Å². The third-order valence-corrected chi connectivity index (χ3v) is 4.35. The molecule has 1 fully saturated rings. The second-order valence-corrected chi connectivity index (χ2v) is 6.27. The van der Waals surface area contributed by atoms with E-state index in [4.69, 9.17) is 0 Å². The highest BCUT2D eigenvalue weighted by atomic mass is 15.1. The predicted octanol–water partition coefficient (Wildman–Crippen LogP) is 3.83. The Morgan fingerprint density at radius 2 is 1.96 bits per heavy atom. The monoisotopic (exact) mass is 320 g/mol. The van der Waals surface area contributed by atoms with E-state index in [0.717, 1.165) is 16.7 Å². The number of aryl methyl sites for hydroxylation is 1. The molecule has 2 aromatic heterocycles. The van der Waals surface area contributed by atoms with Gasteiger partial charge in [-0.25, -0.2) is 19.9 Å². The van der Waals surface area contributed by atoms with E-state index in [9.17, 15) is 0 Å². The molecule has 6 nitrogen and oxygen atoms in total. The average molecular weight is 320 g/mol. The van der Waals surface area contributed by atoms with Crippen LogP contribution in [0.15, 0.2) is 36.8 Å². The van der Waals surface area contributed by atoms with Crippen molar-refractivity contribution < 1.29 is 0 Å². The van der Waals surface area contributed by atoms with Gasteiger partial charge in [-0.1, -0.05) is 25.0 Å². The summed E-state index contributed by atoms with van der Waals surface area (Å²) in [5.74, 6) is 1.35. The van der Waals surface area contributed by atoms with Crippen molar-refractivity contribution in [1.29, 1.82) is 0 Å². The molecule has 0 unspecified atom stereocenters. The summed E-state index contributed by atoms with van der Waals surface area (Å²) >= 11 is 0. The highest BCUT2D eigenvalue weighted by molar-refractivity contribution is 5.87. The highest BCUT2D eigenvalue weighted by Crippen LogP contribution is 2.24. The van der Waals surface area contributed by atoms with Gasteiger partial charge in [0.05, 0.1) is 6.20 Å². The SMILES string of the molecule is Cc1cccc(Nc2ncnc3cnc(NC4CCCC4)nc23)c1. The fraction of sp³-hybridized carbons (Fsp3) is 0.333. The molecule has 1 aliphatic carbocycles. The summed E-state index contributed by atoms with van der Waals surface area (Å²) in [5.41, 5.74) is 3.64. The van der Waals surface area contributed by atoms with Gasteiger partial charge in [-0.3, -0.25) is 0 Å². The molecule has 0 atom stereocenters. The van der Waals surface area contributed by atoms with Crippen LogP contribution in [0.2, 0.25) is 0 Å². The molecule has 3 aromatic rings. The molecular weight excluding hydrogens is 300 g/mol. The largest absolute Gasteiger partial charge is 0.351 e. The standard InChI is InChI=1S/C18H20N6/c1-12-5-4-8-14(9-12)22-17-16-15(20-11-21-17)10-19-18(24-16)23-13-6-2-3-7-13/h4-5,8-11,13H,2-3,6-7H2,1H3,(H,19,23,24)(H,20,21,22). The number of nitrogens with zero attached hydrogens (tertiary/aromatic N) is 4. The molecular formula is C18H20N6. The van der Waals surface area contributed by atoms with Crippen LogP contribution in [0.1, 0.15) is 31.2 Å². The van der Waals surface area contributed by atoms with Crippen LogP contribution in [-0.4, -0.2) is 26.0 Å². The van der Waals surface area contributed by atoms with Crippen LogP contribution in [0.5, 0.6) is 0 Å². The van der Waals surface area contributed by atoms with Crippen molar-refractivity contribution in [2.45, 2.75) is 38.6 Å². The van der Waals surface area contributed by atoms with E-state index in [2.05, 4.69) is 49.6 Å². The van der Waals surface area contributed by atoms with E-state index >= 15 is 0 Å². The molecule has 1 aliphatic rings. The van der Waals surface area contributed by atoms with Crippen molar-refractivity contribution in [3.63, 3.8) is 0 Å². The van der Waals surface area contributed by atoms with Gasteiger partial charge in [0.15, 0.2) is 5.82 Å². The van der Waals surface area contributed by atoms with Crippen molar-refractivity contribution >= 4 is 28.5 Å². The Labute approximate surface area is 140 Å². The molecule has 0 spiro atoms. The van der Waals surface area contributed by atoms with Gasteiger partial charge >= 0.3 is 0 Å². The quantitative estimate of drug-likeness (QED) is 0.761. The molecule has 0 saturated heterocycles. The van der Waals surface area contributed by atoms with E-state index in [-0.39, 0.29) is 0 Å². The number of nitrogens with one attached hydrogen (secondary N) is 2. The highest BCUT2D eigenvalue weighted by Gasteiger charge is 2.16. The first-order valence-electron chi connectivity index (χ1n) is 8.36. The van der Waals surface area contributed by atoms with Crippen LogP contribution in [0.25, 0.3) is 11.0 Å². The van der Waals surface area contributed by atoms with Crippen LogP contribution < -0.4 is 10.6 Å². The topological polar surface area (TPSA) is 75.6 Å². The first-order chi connectivity index (χ1) is 11.8. The molecule has 24 heavy (non-hydrogen) atoms. The van der Waals surface area contributed by atoms with E-state index in [1.807, 2.05) is 12.1 Å². The van der Waals surface area contributed by atoms with Crippen molar-refractivity contribution in [3.8, 4) is 0 Å². The fourth-order valence-electron chi connectivity index (χ4n) is 3.13. The minimum absolute atomic E-state index is 0.472. The van der Waals surface area contributed by atoms with Gasteiger partial charge in [-0.2, -0.15) is 0 Å². The number of hydrogen-bond donors (Lipinski definition) is 2. The number of rotatable bonds is 4. The molecule has 4 rings (SSSR count). The predicted molar refractivity (Wildman–Crippen MR) is 95.5 cm³/mol. The summed E-state index contributed by atoms with van der Waals surface area (Å²) < 4.78 is 0. The van der Waals surface area contributed by atoms with E-state index in [1.54, 1.807) is 6.20 Å². The van der Waals surface area contributed by atoms with Crippen molar-refractivity contribution in [1.82, 2.24) is 19.9 Å². The number of aromatic nitrogens is 4. The zero-order valence-electron chi connectivity index (χ0n) is 13.7. The normalized spacial score (nSPS) is 14.9. The minimum Gasteiger partial charge on any atom is -0.351 e. The van der Waals surface area contributed by atoms with Crippen molar-refractivity contribution in [3.05, 3.63) is 42.4 Å². The molecule has 6 heteroatoms. The van der Waals surface area contributed by atoms with Gasteiger partial charge in [-0.15, -0.1) is 0 Å². The lowest BCUT2D eigenvalue weighted by molar-refractivity contribution is 0.745. The molecule has 1 aromatic carbocycles. The Balaban J connectivity index is 1.66. The van der Waals surface area contributed by atoms with Crippen LogP contribution >= 0.6 is 0 Å². The zero-order valence-corrected chi connectivity index (χ0v) is 13.7. The minimum atomic E-state index is 0.472. The summed E-state index contributed by atoms with van der Waals surface area (Å²) in [4.78, 5) is 17.7. The number of benzene rings is 1. The van der Waals surface area contributed by atoms with Gasteiger partial charge in [0, 0.05) is 11.7 Å². The Bertz CT molecular complexity index is 857. The Morgan fingerprint density at radius 3 is 2.79 bits per heavy atom. The second kappa shape index (κ2) is 6.39. The van der Waals surface area contributed by atoms with Crippen LogP contribution in [0, 0.1) is 6.92 Å². The van der Waals surface area contributed by atoms with Crippen molar-refractivity contribution in [2.24, 2.45) is 0 Å². The fourth-order valence-corrected chi connectivity index (χ4v) is 3.13. The maximum Gasteiger partial charge on any atom is 0.223 e. The molecule has 2 heterocycles. The number of fused-ring (bicyclic) bond motifs is 1. The summed E-state index contributed by atoms with van der Waals surface area (Å²) in [6, 6.07) is 8.64. The number of anilines is 3. The molecule has 2 N–H and O–H groups in total. The van der Waals surface area contributed by atoms with E-state index in [0.29, 0.717) is 17.8 Å². The molecule has 0 amide bonds. The molecule has 0 radical (unpaired) electrons. The maximum atomic E-state index is 4.65. The average Bonchev–Trinajstić information content (AvgIpc) is 3.08. The van der Waals surface area contributed by atoms with Crippen molar-refractivity contribution in [2.75, 3.05) is 10.6 Å². The van der Waals surface area contributed by atoms with Crippen LogP contribution in [0.4, 0.5) is 17.5 Å².